The second-order valence-electron chi connectivity index (χ2n) is 5.41. The van der Waals surface area contributed by atoms with Gasteiger partial charge in [0.25, 0.3) is 11.7 Å². The van der Waals surface area contributed by atoms with E-state index in [-0.39, 0.29) is 0 Å². The zero-order valence-electron chi connectivity index (χ0n) is 14.0. The van der Waals surface area contributed by atoms with Gasteiger partial charge in [-0.2, -0.15) is 5.10 Å². The van der Waals surface area contributed by atoms with Crippen LogP contribution in [-0.4, -0.2) is 31.7 Å². The second kappa shape index (κ2) is 6.99. The van der Waals surface area contributed by atoms with E-state index in [9.17, 15) is 9.59 Å². The quantitative estimate of drug-likeness (QED) is 0.647. The third-order valence-electron chi connectivity index (χ3n) is 3.94. The van der Waals surface area contributed by atoms with E-state index >= 15 is 0 Å². The number of aryl methyl sites for hydroxylation is 2. The van der Waals surface area contributed by atoms with Crippen LogP contribution in [0.15, 0.2) is 0 Å². The van der Waals surface area contributed by atoms with Crippen molar-refractivity contribution in [1.29, 1.82) is 0 Å². The fraction of sp³-hybridized carbons (Fsp3) is 0.533. The Balaban J connectivity index is 2.14. The molecule has 2 rings (SSSR count). The second-order valence-corrected chi connectivity index (χ2v) is 6.42. The lowest BCUT2D eigenvalue weighted by Gasteiger charge is -2.05. The first kappa shape index (κ1) is 17.3. The minimum Gasteiger partial charge on any atom is -0.294 e. The summed E-state index contributed by atoms with van der Waals surface area (Å²) in [5, 5.41) is 16.0. The molecule has 0 unspecified atom stereocenters. The number of anilines is 1. The van der Waals surface area contributed by atoms with Gasteiger partial charge in [-0.25, -0.2) is 0 Å². The average Bonchev–Trinajstić information content (AvgIpc) is 3.05. The number of nitrogens with one attached hydrogen (secondary N) is 1. The zero-order chi connectivity index (χ0) is 17.1. The van der Waals surface area contributed by atoms with Crippen LogP contribution in [0.1, 0.15) is 59.4 Å². The molecule has 0 aliphatic heterocycles. The molecule has 0 aliphatic rings. The van der Waals surface area contributed by atoms with E-state index in [2.05, 4.69) is 34.5 Å². The summed E-state index contributed by atoms with van der Waals surface area (Å²) in [7, 11) is 1.74. The van der Waals surface area contributed by atoms with Crippen molar-refractivity contribution in [3.63, 3.8) is 0 Å². The number of hydrogen-bond acceptors (Lipinski definition) is 6. The lowest BCUT2D eigenvalue weighted by atomic mass is 10.1. The molecule has 1 N–H and O–H groups in total. The molecule has 0 bridgehead atoms. The monoisotopic (exact) mass is 335 g/mol. The van der Waals surface area contributed by atoms with Crippen molar-refractivity contribution in [2.75, 3.05) is 5.32 Å². The molecule has 0 saturated carbocycles. The molecule has 0 saturated heterocycles. The van der Waals surface area contributed by atoms with Gasteiger partial charge >= 0.3 is 0 Å². The van der Waals surface area contributed by atoms with Crippen LogP contribution in [0.4, 0.5) is 5.13 Å². The van der Waals surface area contributed by atoms with Crippen LogP contribution in [0.5, 0.6) is 0 Å². The summed E-state index contributed by atoms with van der Waals surface area (Å²) in [4.78, 5) is 24.5. The maximum atomic E-state index is 12.3. The van der Waals surface area contributed by atoms with Gasteiger partial charge in [0.1, 0.15) is 5.01 Å². The van der Waals surface area contributed by atoms with Crippen LogP contribution < -0.4 is 5.32 Å². The molecular formula is C15H21N5O2S. The Morgan fingerprint density at radius 2 is 1.87 bits per heavy atom. The molecule has 0 spiro atoms. The van der Waals surface area contributed by atoms with E-state index in [0.717, 1.165) is 17.8 Å². The Kier molecular flexibility index (Phi) is 5.25. The Hall–Kier alpha value is -2.09. The van der Waals surface area contributed by atoms with Gasteiger partial charge in [-0.15, -0.1) is 10.2 Å². The van der Waals surface area contributed by atoms with E-state index in [0.29, 0.717) is 28.0 Å². The number of carbonyl (C=O) groups is 2. The number of nitrogens with zero attached hydrogens (tertiary/aromatic N) is 4. The van der Waals surface area contributed by atoms with Crippen molar-refractivity contribution in [2.24, 2.45) is 7.05 Å². The smallest absolute Gasteiger partial charge is 0.294 e. The first-order chi connectivity index (χ1) is 10.9. The Morgan fingerprint density at radius 3 is 2.39 bits per heavy atom. The first-order valence-electron chi connectivity index (χ1n) is 7.58. The first-order valence-corrected chi connectivity index (χ1v) is 8.39. The Bertz CT molecular complexity index is 730. The van der Waals surface area contributed by atoms with Crippen LogP contribution in [0, 0.1) is 13.8 Å². The molecule has 2 aromatic rings. The van der Waals surface area contributed by atoms with Crippen LogP contribution in [0.25, 0.3) is 0 Å². The molecule has 0 fully saturated rings. The molecule has 1 amide bonds. The van der Waals surface area contributed by atoms with Crippen LogP contribution in [-0.2, 0) is 11.8 Å². The van der Waals surface area contributed by atoms with Gasteiger partial charge in [0.05, 0.1) is 11.3 Å². The molecule has 124 valence electrons. The summed E-state index contributed by atoms with van der Waals surface area (Å²) in [6.07, 6.45) is 1.93. The van der Waals surface area contributed by atoms with Gasteiger partial charge in [-0.3, -0.25) is 19.6 Å². The van der Waals surface area contributed by atoms with Crippen molar-refractivity contribution in [2.45, 2.75) is 46.5 Å². The normalized spacial score (nSPS) is 11.0. The molecule has 0 atom stereocenters. The highest BCUT2D eigenvalue weighted by molar-refractivity contribution is 7.15. The fourth-order valence-electron chi connectivity index (χ4n) is 2.46. The molecule has 0 aliphatic carbocycles. The molecule has 2 heterocycles. The van der Waals surface area contributed by atoms with E-state index < -0.39 is 11.7 Å². The van der Waals surface area contributed by atoms with Gasteiger partial charge in [0.2, 0.25) is 5.13 Å². The van der Waals surface area contributed by atoms with Crippen molar-refractivity contribution in [3.8, 4) is 0 Å². The predicted octanol–water partition coefficient (Wildman–Crippen LogP) is 2.61. The summed E-state index contributed by atoms with van der Waals surface area (Å²) in [6, 6.07) is 0. The number of Topliss-reactive ketones (excluding diaryl/α,β-unsaturated/α-hetero) is 1. The standard InChI is InChI=1S/C15H21N5O2S/c1-6-10(7-2)14-17-18-15(23-14)16-13(22)12(21)11-8(3)19-20(5)9(11)4/h10H,6-7H2,1-5H3,(H,16,18,22). The topological polar surface area (TPSA) is 89.8 Å². The molecule has 7 nitrogen and oxygen atoms in total. The van der Waals surface area contributed by atoms with Gasteiger partial charge in [-0.1, -0.05) is 25.2 Å². The minimum absolute atomic E-state index is 0.330. The van der Waals surface area contributed by atoms with Crippen LogP contribution >= 0.6 is 11.3 Å². The molecule has 8 heteroatoms. The number of carbonyl (C=O) groups excluding carboxylic acids is 2. The highest BCUT2D eigenvalue weighted by Crippen LogP contribution is 2.28. The number of hydrogen-bond donors (Lipinski definition) is 1. The van der Waals surface area contributed by atoms with E-state index in [1.54, 1.807) is 25.6 Å². The van der Waals surface area contributed by atoms with Crippen LogP contribution in [0.2, 0.25) is 0 Å². The molecule has 2 aromatic heterocycles. The Morgan fingerprint density at radius 1 is 1.22 bits per heavy atom. The summed E-state index contributed by atoms with van der Waals surface area (Å²) >= 11 is 1.32. The number of ketones is 1. The largest absolute Gasteiger partial charge is 0.298 e. The predicted molar refractivity (Wildman–Crippen MR) is 88.9 cm³/mol. The maximum absolute atomic E-state index is 12.3. The van der Waals surface area contributed by atoms with Crippen molar-refractivity contribution < 1.29 is 9.59 Å². The SMILES string of the molecule is CCC(CC)c1nnc(NC(=O)C(=O)c2c(C)nn(C)c2C)s1. The zero-order valence-corrected chi connectivity index (χ0v) is 14.8. The highest BCUT2D eigenvalue weighted by atomic mass is 32.1. The molecule has 23 heavy (non-hydrogen) atoms. The molecular weight excluding hydrogens is 314 g/mol. The minimum atomic E-state index is -0.712. The van der Waals surface area contributed by atoms with E-state index in [4.69, 9.17) is 0 Å². The van der Waals surface area contributed by atoms with Crippen molar-refractivity contribution in [1.82, 2.24) is 20.0 Å². The number of rotatable bonds is 6. The lowest BCUT2D eigenvalue weighted by molar-refractivity contribution is -0.112. The molecule has 0 radical (unpaired) electrons. The lowest BCUT2D eigenvalue weighted by Crippen LogP contribution is -2.24. The Labute approximate surface area is 139 Å². The van der Waals surface area contributed by atoms with Gasteiger partial charge in [-0.05, 0) is 26.7 Å². The fourth-order valence-corrected chi connectivity index (χ4v) is 3.46. The average molecular weight is 335 g/mol. The van der Waals surface area contributed by atoms with Crippen LogP contribution in [0.3, 0.4) is 0 Å². The van der Waals surface area contributed by atoms with Gasteiger partial charge in [0.15, 0.2) is 0 Å². The number of aromatic nitrogens is 4. The van der Waals surface area contributed by atoms with E-state index in [1.807, 2.05) is 0 Å². The summed E-state index contributed by atoms with van der Waals surface area (Å²) in [6.45, 7) is 7.65. The number of amides is 1. The van der Waals surface area contributed by atoms with E-state index in [1.165, 1.54) is 11.3 Å². The van der Waals surface area contributed by atoms with Gasteiger partial charge in [0, 0.05) is 18.7 Å². The van der Waals surface area contributed by atoms with Crippen molar-refractivity contribution >= 4 is 28.2 Å². The third kappa shape index (κ3) is 3.47. The third-order valence-corrected chi connectivity index (χ3v) is 4.94. The maximum Gasteiger partial charge on any atom is 0.298 e. The highest BCUT2D eigenvalue weighted by Gasteiger charge is 2.25. The summed E-state index contributed by atoms with van der Waals surface area (Å²) in [5.74, 6) is -0.986. The summed E-state index contributed by atoms with van der Waals surface area (Å²) < 4.78 is 1.59. The van der Waals surface area contributed by atoms with Gasteiger partial charge < -0.3 is 0 Å². The molecule has 0 aromatic carbocycles. The summed E-state index contributed by atoms with van der Waals surface area (Å²) in [5.41, 5.74) is 1.55. The van der Waals surface area contributed by atoms with Crippen molar-refractivity contribution in [3.05, 3.63) is 22.0 Å².